The van der Waals surface area contributed by atoms with Crippen molar-refractivity contribution in [2.75, 3.05) is 6.79 Å². The molecular weight excluding hydrogens is 156 g/mol. The summed E-state index contributed by atoms with van der Waals surface area (Å²) >= 11 is 0. The van der Waals surface area contributed by atoms with Gasteiger partial charge in [-0.15, -0.1) is 0 Å². The molecule has 1 heterocycles. The molecular formula is C8H12N2O2. The Bertz CT molecular complexity index is 276. The van der Waals surface area contributed by atoms with E-state index < -0.39 is 0 Å². The molecule has 12 heavy (non-hydrogen) atoms. The SMILES string of the molecule is N.NCc1ccc2c(c1)OCO2. The van der Waals surface area contributed by atoms with E-state index in [0.717, 1.165) is 17.1 Å². The average Bonchev–Trinajstić information content (AvgIpc) is 2.50. The number of hydrogen-bond donors (Lipinski definition) is 2. The normalized spacial score (nSPS) is 12.4. The lowest BCUT2D eigenvalue weighted by Gasteiger charge is -1.97. The molecule has 1 aromatic rings. The summed E-state index contributed by atoms with van der Waals surface area (Å²) in [5.41, 5.74) is 6.51. The molecule has 0 saturated carbocycles. The average molecular weight is 168 g/mol. The van der Waals surface area contributed by atoms with Crippen LogP contribution in [0, 0.1) is 0 Å². The summed E-state index contributed by atoms with van der Waals surface area (Å²) in [7, 11) is 0. The lowest BCUT2D eigenvalue weighted by atomic mass is 10.2. The van der Waals surface area contributed by atoms with Crippen LogP contribution in [-0.4, -0.2) is 6.79 Å². The van der Waals surface area contributed by atoms with Crippen molar-refractivity contribution in [2.45, 2.75) is 6.54 Å². The van der Waals surface area contributed by atoms with Crippen molar-refractivity contribution < 1.29 is 9.47 Å². The number of hydrogen-bond acceptors (Lipinski definition) is 4. The Morgan fingerprint density at radius 2 is 2.00 bits per heavy atom. The standard InChI is InChI=1S/C8H9NO2.H3N/c9-4-6-1-2-7-8(3-6)11-5-10-7;/h1-3H,4-5,9H2;1H3. The smallest absolute Gasteiger partial charge is 0.231 e. The number of benzene rings is 1. The summed E-state index contributed by atoms with van der Waals surface area (Å²) in [6.07, 6.45) is 0. The van der Waals surface area contributed by atoms with E-state index >= 15 is 0 Å². The lowest BCUT2D eigenvalue weighted by molar-refractivity contribution is 0.174. The third-order valence-corrected chi connectivity index (χ3v) is 1.67. The van der Waals surface area contributed by atoms with E-state index in [2.05, 4.69) is 0 Å². The lowest BCUT2D eigenvalue weighted by Crippen LogP contribution is -1.95. The monoisotopic (exact) mass is 168 g/mol. The van der Waals surface area contributed by atoms with Gasteiger partial charge in [-0.2, -0.15) is 0 Å². The minimum absolute atomic E-state index is 0. The molecule has 0 fully saturated rings. The van der Waals surface area contributed by atoms with Gasteiger partial charge in [0.05, 0.1) is 0 Å². The molecule has 0 amide bonds. The number of rotatable bonds is 1. The van der Waals surface area contributed by atoms with Crippen LogP contribution in [0.1, 0.15) is 5.56 Å². The molecule has 2 rings (SSSR count). The minimum atomic E-state index is 0. The molecule has 5 N–H and O–H groups in total. The quantitative estimate of drug-likeness (QED) is 0.656. The highest BCUT2D eigenvalue weighted by atomic mass is 16.7. The largest absolute Gasteiger partial charge is 0.454 e. The molecule has 0 aliphatic carbocycles. The molecule has 0 spiro atoms. The van der Waals surface area contributed by atoms with Gasteiger partial charge < -0.3 is 21.4 Å². The topological polar surface area (TPSA) is 79.5 Å². The summed E-state index contributed by atoms with van der Waals surface area (Å²) in [5, 5.41) is 0. The van der Waals surface area contributed by atoms with Crippen LogP contribution < -0.4 is 21.4 Å². The molecule has 1 aliphatic rings. The molecule has 1 aromatic carbocycles. The van der Waals surface area contributed by atoms with E-state index in [9.17, 15) is 0 Å². The molecule has 0 unspecified atom stereocenters. The zero-order valence-electron chi connectivity index (χ0n) is 6.75. The highest BCUT2D eigenvalue weighted by molar-refractivity contribution is 5.44. The second-order valence-corrected chi connectivity index (χ2v) is 2.39. The van der Waals surface area contributed by atoms with Gasteiger partial charge in [-0.3, -0.25) is 0 Å². The van der Waals surface area contributed by atoms with Crippen LogP contribution >= 0.6 is 0 Å². The molecule has 0 aromatic heterocycles. The summed E-state index contributed by atoms with van der Waals surface area (Å²) in [6, 6.07) is 5.72. The maximum Gasteiger partial charge on any atom is 0.231 e. The predicted molar refractivity (Wildman–Crippen MR) is 45.5 cm³/mol. The molecule has 4 nitrogen and oxygen atoms in total. The Kier molecular flexibility index (Phi) is 2.52. The van der Waals surface area contributed by atoms with Crippen molar-refractivity contribution in [1.29, 1.82) is 0 Å². The van der Waals surface area contributed by atoms with Crippen LogP contribution in [0.4, 0.5) is 0 Å². The van der Waals surface area contributed by atoms with Crippen LogP contribution in [0.15, 0.2) is 18.2 Å². The number of ether oxygens (including phenoxy) is 2. The van der Waals surface area contributed by atoms with Gasteiger partial charge in [0.1, 0.15) is 0 Å². The fourth-order valence-electron chi connectivity index (χ4n) is 1.07. The highest BCUT2D eigenvalue weighted by Gasteiger charge is 2.11. The van der Waals surface area contributed by atoms with Crippen molar-refractivity contribution in [1.82, 2.24) is 6.15 Å². The fraction of sp³-hybridized carbons (Fsp3) is 0.250. The molecule has 0 bridgehead atoms. The van der Waals surface area contributed by atoms with Gasteiger partial charge in [0.25, 0.3) is 0 Å². The Morgan fingerprint density at radius 1 is 1.25 bits per heavy atom. The summed E-state index contributed by atoms with van der Waals surface area (Å²) in [5.74, 6) is 1.61. The van der Waals surface area contributed by atoms with Gasteiger partial charge in [-0.25, -0.2) is 0 Å². The summed E-state index contributed by atoms with van der Waals surface area (Å²) in [4.78, 5) is 0. The second-order valence-electron chi connectivity index (χ2n) is 2.39. The van der Waals surface area contributed by atoms with Gasteiger partial charge in [-0.05, 0) is 17.7 Å². The van der Waals surface area contributed by atoms with E-state index in [1.165, 1.54) is 0 Å². The van der Waals surface area contributed by atoms with E-state index in [-0.39, 0.29) is 6.15 Å². The molecule has 66 valence electrons. The van der Waals surface area contributed by atoms with Crippen LogP contribution in [0.2, 0.25) is 0 Å². The summed E-state index contributed by atoms with van der Waals surface area (Å²) < 4.78 is 10.3. The first kappa shape index (κ1) is 8.83. The Balaban J connectivity index is 0.000000720. The van der Waals surface area contributed by atoms with E-state index in [4.69, 9.17) is 15.2 Å². The van der Waals surface area contributed by atoms with Crippen LogP contribution in [0.3, 0.4) is 0 Å². The minimum Gasteiger partial charge on any atom is -0.454 e. The number of fused-ring (bicyclic) bond motifs is 1. The van der Waals surface area contributed by atoms with E-state index in [1.807, 2.05) is 18.2 Å². The number of nitrogens with two attached hydrogens (primary N) is 1. The zero-order chi connectivity index (χ0) is 7.68. The van der Waals surface area contributed by atoms with E-state index in [1.54, 1.807) is 0 Å². The van der Waals surface area contributed by atoms with Crippen LogP contribution in [0.25, 0.3) is 0 Å². The van der Waals surface area contributed by atoms with Crippen LogP contribution in [0.5, 0.6) is 11.5 Å². The molecule has 0 saturated heterocycles. The van der Waals surface area contributed by atoms with E-state index in [0.29, 0.717) is 13.3 Å². The van der Waals surface area contributed by atoms with Gasteiger partial charge in [0, 0.05) is 6.54 Å². The van der Waals surface area contributed by atoms with Gasteiger partial charge >= 0.3 is 0 Å². The second kappa shape index (κ2) is 3.42. The molecule has 0 radical (unpaired) electrons. The highest BCUT2D eigenvalue weighted by Crippen LogP contribution is 2.32. The first-order valence-electron chi connectivity index (χ1n) is 3.49. The predicted octanol–water partition coefficient (Wildman–Crippen LogP) is 1.04. The van der Waals surface area contributed by atoms with Gasteiger partial charge in [-0.1, -0.05) is 6.07 Å². The Morgan fingerprint density at radius 3 is 2.75 bits per heavy atom. The van der Waals surface area contributed by atoms with Crippen molar-refractivity contribution in [2.24, 2.45) is 5.73 Å². The first-order chi connectivity index (χ1) is 5.40. The molecule has 0 atom stereocenters. The Labute approximate surface area is 70.9 Å². The fourth-order valence-corrected chi connectivity index (χ4v) is 1.07. The summed E-state index contributed by atoms with van der Waals surface area (Å²) in [6.45, 7) is 0.861. The Hall–Kier alpha value is -1.26. The zero-order valence-corrected chi connectivity index (χ0v) is 6.75. The van der Waals surface area contributed by atoms with Gasteiger partial charge in [0.15, 0.2) is 11.5 Å². The first-order valence-corrected chi connectivity index (χ1v) is 3.49. The third-order valence-electron chi connectivity index (χ3n) is 1.67. The molecule has 4 heteroatoms. The maximum absolute atomic E-state index is 5.45. The maximum atomic E-state index is 5.45. The van der Waals surface area contributed by atoms with Crippen molar-refractivity contribution in [3.8, 4) is 11.5 Å². The van der Waals surface area contributed by atoms with Gasteiger partial charge in [0.2, 0.25) is 6.79 Å². The van der Waals surface area contributed by atoms with Crippen LogP contribution in [-0.2, 0) is 6.54 Å². The van der Waals surface area contributed by atoms with Crippen molar-refractivity contribution in [3.05, 3.63) is 23.8 Å². The molecule has 1 aliphatic heterocycles. The third kappa shape index (κ3) is 1.34. The van der Waals surface area contributed by atoms with Crippen molar-refractivity contribution in [3.63, 3.8) is 0 Å². The van der Waals surface area contributed by atoms with Crippen molar-refractivity contribution >= 4 is 0 Å².